The Morgan fingerprint density at radius 3 is 2.06 bits per heavy atom. The second kappa shape index (κ2) is 4.89. The molecule has 1 aliphatic carbocycles. The van der Waals surface area contributed by atoms with Crippen LogP contribution in [0.5, 0.6) is 0 Å². The Hall–Kier alpha value is -0.0800. The second-order valence-corrected chi connectivity index (χ2v) is 6.57. The normalized spacial score (nSPS) is 40.9. The standard InChI is InChI=1S/C15H28N2/c1-11(12-5-3-6-12)17-14-7-4-8-15(17)10-13(9-14)16-2/h11-16H,3-10H2,1-2H3. The predicted octanol–water partition coefficient (Wildman–Crippen LogP) is 2.78. The van der Waals surface area contributed by atoms with Crippen LogP contribution in [0, 0.1) is 5.92 Å². The van der Waals surface area contributed by atoms with E-state index in [0.717, 1.165) is 30.1 Å². The Balaban J connectivity index is 1.70. The van der Waals surface area contributed by atoms with Crippen molar-refractivity contribution in [1.29, 1.82) is 0 Å². The van der Waals surface area contributed by atoms with E-state index in [1.807, 2.05) is 0 Å². The van der Waals surface area contributed by atoms with Gasteiger partial charge in [0.1, 0.15) is 0 Å². The van der Waals surface area contributed by atoms with Crippen LogP contribution >= 0.6 is 0 Å². The zero-order chi connectivity index (χ0) is 11.8. The maximum absolute atomic E-state index is 3.52. The van der Waals surface area contributed by atoms with Crippen molar-refractivity contribution in [3.63, 3.8) is 0 Å². The van der Waals surface area contributed by atoms with Crippen molar-refractivity contribution < 1.29 is 0 Å². The van der Waals surface area contributed by atoms with E-state index in [4.69, 9.17) is 0 Å². The Morgan fingerprint density at radius 1 is 1.00 bits per heavy atom. The lowest BCUT2D eigenvalue weighted by molar-refractivity contribution is -0.0354. The highest BCUT2D eigenvalue weighted by molar-refractivity contribution is 4.98. The van der Waals surface area contributed by atoms with Gasteiger partial charge in [0.05, 0.1) is 0 Å². The molecule has 0 spiro atoms. The van der Waals surface area contributed by atoms with E-state index >= 15 is 0 Å². The first-order chi connectivity index (χ1) is 8.29. The van der Waals surface area contributed by atoms with Crippen molar-refractivity contribution in [1.82, 2.24) is 10.2 Å². The van der Waals surface area contributed by atoms with Crippen molar-refractivity contribution in [3.05, 3.63) is 0 Å². The zero-order valence-corrected chi connectivity index (χ0v) is 11.5. The Kier molecular flexibility index (Phi) is 3.45. The Labute approximate surface area is 106 Å². The first-order valence-electron chi connectivity index (χ1n) is 7.74. The molecular weight excluding hydrogens is 208 g/mol. The van der Waals surface area contributed by atoms with Gasteiger partial charge in [-0.25, -0.2) is 0 Å². The Bertz CT molecular complexity index is 248. The van der Waals surface area contributed by atoms with Gasteiger partial charge >= 0.3 is 0 Å². The van der Waals surface area contributed by atoms with E-state index in [0.29, 0.717) is 0 Å². The molecule has 0 amide bonds. The molecule has 3 unspecified atom stereocenters. The van der Waals surface area contributed by atoms with Gasteiger partial charge in [0.15, 0.2) is 0 Å². The molecule has 98 valence electrons. The molecule has 0 aromatic rings. The highest BCUT2D eigenvalue weighted by Crippen LogP contribution is 2.41. The van der Waals surface area contributed by atoms with Gasteiger partial charge < -0.3 is 5.32 Å². The molecule has 17 heavy (non-hydrogen) atoms. The number of rotatable bonds is 3. The minimum atomic E-state index is 0.787. The summed E-state index contributed by atoms with van der Waals surface area (Å²) in [5, 5.41) is 3.52. The van der Waals surface area contributed by atoms with Crippen LogP contribution in [0.15, 0.2) is 0 Å². The van der Waals surface area contributed by atoms with Crippen LogP contribution in [0.4, 0.5) is 0 Å². The lowest BCUT2D eigenvalue weighted by Crippen LogP contribution is -2.60. The molecule has 2 aliphatic heterocycles. The molecule has 3 rings (SSSR count). The second-order valence-electron chi connectivity index (χ2n) is 6.57. The van der Waals surface area contributed by atoms with E-state index in [9.17, 15) is 0 Å². The molecule has 1 saturated carbocycles. The van der Waals surface area contributed by atoms with Gasteiger partial charge in [0.25, 0.3) is 0 Å². The van der Waals surface area contributed by atoms with Gasteiger partial charge in [0.2, 0.25) is 0 Å². The van der Waals surface area contributed by atoms with Gasteiger partial charge in [-0.2, -0.15) is 0 Å². The summed E-state index contributed by atoms with van der Waals surface area (Å²) in [7, 11) is 2.14. The number of nitrogens with one attached hydrogen (secondary N) is 1. The molecule has 2 bridgehead atoms. The van der Waals surface area contributed by atoms with Crippen molar-refractivity contribution in [3.8, 4) is 0 Å². The number of hydrogen-bond acceptors (Lipinski definition) is 2. The molecule has 0 aromatic carbocycles. The van der Waals surface area contributed by atoms with E-state index in [1.165, 1.54) is 51.4 Å². The smallest absolute Gasteiger partial charge is 0.0116 e. The summed E-state index contributed by atoms with van der Waals surface area (Å²) in [4.78, 5) is 2.93. The van der Waals surface area contributed by atoms with Crippen LogP contribution in [-0.4, -0.2) is 36.1 Å². The topological polar surface area (TPSA) is 15.3 Å². The van der Waals surface area contributed by atoms with E-state index in [-0.39, 0.29) is 0 Å². The van der Waals surface area contributed by atoms with Gasteiger partial charge in [-0.3, -0.25) is 4.90 Å². The monoisotopic (exact) mass is 236 g/mol. The maximum Gasteiger partial charge on any atom is 0.0116 e. The van der Waals surface area contributed by atoms with Crippen LogP contribution in [0.2, 0.25) is 0 Å². The molecule has 2 heterocycles. The first kappa shape index (κ1) is 12.0. The fraction of sp³-hybridized carbons (Fsp3) is 1.00. The summed E-state index contributed by atoms with van der Waals surface area (Å²) in [6, 6.07) is 3.41. The molecule has 2 saturated heterocycles. The van der Waals surface area contributed by atoms with E-state index < -0.39 is 0 Å². The van der Waals surface area contributed by atoms with E-state index in [2.05, 4.69) is 24.2 Å². The molecule has 0 radical (unpaired) electrons. The van der Waals surface area contributed by atoms with Crippen molar-refractivity contribution in [2.75, 3.05) is 7.05 Å². The molecule has 3 atom stereocenters. The summed E-state index contributed by atoms with van der Waals surface area (Å²) in [5.41, 5.74) is 0. The van der Waals surface area contributed by atoms with Gasteiger partial charge in [-0.05, 0) is 58.4 Å². The van der Waals surface area contributed by atoms with Gasteiger partial charge in [-0.1, -0.05) is 12.8 Å². The third-order valence-corrected chi connectivity index (χ3v) is 5.74. The highest BCUT2D eigenvalue weighted by atomic mass is 15.2. The SMILES string of the molecule is CNC1CC2CCCC(C1)N2C(C)C1CCC1. The Morgan fingerprint density at radius 2 is 1.59 bits per heavy atom. The van der Waals surface area contributed by atoms with Crippen LogP contribution in [0.3, 0.4) is 0 Å². The number of hydrogen-bond donors (Lipinski definition) is 1. The molecular formula is C15H28N2. The third-order valence-electron chi connectivity index (χ3n) is 5.74. The zero-order valence-electron chi connectivity index (χ0n) is 11.5. The number of fused-ring (bicyclic) bond motifs is 2. The minimum absolute atomic E-state index is 0.787. The van der Waals surface area contributed by atoms with Crippen LogP contribution in [-0.2, 0) is 0 Å². The minimum Gasteiger partial charge on any atom is -0.317 e. The summed E-state index contributed by atoms with van der Waals surface area (Å²) < 4.78 is 0. The van der Waals surface area contributed by atoms with E-state index in [1.54, 1.807) is 0 Å². The molecule has 1 N–H and O–H groups in total. The average molecular weight is 236 g/mol. The van der Waals surface area contributed by atoms with Crippen molar-refractivity contribution in [2.45, 2.75) is 82.5 Å². The molecule has 0 aromatic heterocycles. The quantitative estimate of drug-likeness (QED) is 0.810. The lowest BCUT2D eigenvalue weighted by Gasteiger charge is -2.54. The van der Waals surface area contributed by atoms with Crippen LogP contribution < -0.4 is 5.32 Å². The van der Waals surface area contributed by atoms with Gasteiger partial charge in [0, 0.05) is 24.2 Å². The summed E-state index contributed by atoms with van der Waals surface area (Å²) in [5.74, 6) is 1.02. The van der Waals surface area contributed by atoms with Crippen molar-refractivity contribution >= 4 is 0 Å². The predicted molar refractivity (Wildman–Crippen MR) is 72.2 cm³/mol. The molecule has 2 heteroatoms. The number of piperidine rings is 2. The maximum atomic E-state index is 3.52. The lowest BCUT2D eigenvalue weighted by atomic mass is 9.74. The summed E-state index contributed by atoms with van der Waals surface area (Å²) in [6.07, 6.45) is 11.6. The summed E-state index contributed by atoms with van der Waals surface area (Å²) >= 11 is 0. The first-order valence-corrected chi connectivity index (χ1v) is 7.74. The summed E-state index contributed by atoms with van der Waals surface area (Å²) in [6.45, 7) is 2.51. The number of nitrogens with zero attached hydrogens (tertiary/aromatic N) is 1. The third kappa shape index (κ3) is 2.15. The van der Waals surface area contributed by atoms with Crippen molar-refractivity contribution in [2.24, 2.45) is 5.92 Å². The molecule has 2 nitrogen and oxygen atoms in total. The molecule has 3 aliphatic rings. The fourth-order valence-corrected chi connectivity index (χ4v) is 4.48. The van der Waals surface area contributed by atoms with Crippen LogP contribution in [0.25, 0.3) is 0 Å². The van der Waals surface area contributed by atoms with Gasteiger partial charge in [-0.15, -0.1) is 0 Å². The average Bonchev–Trinajstić information content (AvgIpc) is 2.24. The van der Waals surface area contributed by atoms with Crippen LogP contribution in [0.1, 0.15) is 58.3 Å². The fourth-order valence-electron chi connectivity index (χ4n) is 4.48. The largest absolute Gasteiger partial charge is 0.317 e. The highest BCUT2D eigenvalue weighted by Gasteiger charge is 2.42. The molecule has 3 fully saturated rings.